The van der Waals surface area contributed by atoms with Gasteiger partial charge in [-0.2, -0.15) is 0 Å². The van der Waals surface area contributed by atoms with Gasteiger partial charge in [0.15, 0.2) is 5.13 Å². The number of pyridine rings is 1. The summed E-state index contributed by atoms with van der Waals surface area (Å²) in [6, 6.07) is 13.5. The Labute approximate surface area is 198 Å². The molecule has 1 atom stereocenters. The highest BCUT2D eigenvalue weighted by Gasteiger charge is 2.48. The molecule has 4 aromatic rings. The van der Waals surface area contributed by atoms with E-state index in [2.05, 4.69) is 9.97 Å². The van der Waals surface area contributed by atoms with Gasteiger partial charge >= 0.3 is 5.91 Å². The number of nitrogens with zero attached hydrogens (tertiary/aromatic N) is 3. The van der Waals surface area contributed by atoms with E-state index in [-0.39, 0.29) is 11.3 Å². The first kappa shape index (κ1) is 21.3. The van der Waals surface area contributed by atoms with Crippen LogP contribution in [-0.4, -0.2) is 26.8 Å². The summed E-state index contributed by atoms with van der Waals surface area (Å²) in [4.78, 5) is 36.6. The standard InChI is InChI=1S/C25H18ClN3O3S/c1-13-3-4-14(2)17(11-13)22(30)20-21(15-7-9-27-10-8-15)29(24(32)23(20)31)25-28-18-6-5-16(26)12-19(18)33-25/h3-12,21,30H,1-2H3. The molecule has 1 fully saturated rings. The van der Waals surface area contributed by atoms with Gasteiger partial charge in [0, 0.05) is 23.0 Å². The Morgan fingerprint density at radius 2 is 1.82 bits per heavy atom. The summed E-state index contributed by atoms with van der Waals surface area (Å²) in [5.74, 6) is -1.70. The maximum absolute atomic E-state index is 13.3. The van der Waals surface area contributed by atoms with Crippen LogP contribution >= 0.6 is 22.9 Å². The van der Waals surface area contributed by atoms with Crippen molar-refractivity contribution in [3.05, 3.63) is 93.8 Å². The van der Waals surface area contributed by atoms with Gasteiger partial charge in [0.25, 0.3) is 5.78 Å². The third-order valence-corrected chi connectivity index (χ3v) is 6.91. The molecule has 0 bridgehead atoms. The number of hydrogen-bond acceptors (Lipinski definition) is 6. The van der Waals surface area contributed by atoms with Crippen molar-refractivity contribution in [2.24, 2.45) is 0 Å². The second-order valence-corrected chi connectivity index (χ2v) is 9.32. The number of aliphatic hydroxyl groups excluding tert-OH is 1. The summed E-state index contributed by atoms with van der Waals surface area (Å²) in [7, 11) is 0. The van der Waals surface area contributed by atoms with E-state index < -0.39 is 17.7 Å². The molecule has 1 aliphatic heterocycles. The topological polar surface area (TPSA) is 83.4 Å². The predicted octanol–water partition coefficient (Wildman–Crippen LogP) is 5.59. The molecule has 8 heteroatoms. The first-order chi connectivity index (χ1) is 15.8. The summed E-state index contributed by atoms with van der Waals surface area (Å²) in [6.07, 6.45) is 3.18. The van der Waals surface area contributed by atoms with E-state index in [0.717, 1.165) is 15.8 Å². The quantitative estimate of drug-likeness (QED) is 0.237. The number of aryl methyl sites for hydroxylation is 2. The normalized spacial score (nSPS) is 17.8. The molecule has 1 N–H and O–H groups in total. The zero-order valence-corrected chi connectivity index (χ0v) is 19.3. The molecule has 1 unspecified atom stereocenters. The number of fused-ring (bicyclic) bond motifs is 1. The first-order valence-electron chi connectivity index (χ1n) is 10.2. The second kappa shape index (κ2) is 8.10. The lowest BCUT2D eigenvalue weighted by Gasteiger charge is -2.23. The van der Waals surface area contributed by atoms with Crippen LogP contribution < -0.4 is 4.90 Å². The van der Waals surface area contributed by atoms with Gasteiger partial charge in [-0.15, -0.1) is 0 Å². The second-order valence-electron chi connectivity index (χ2n) is 7.88. The van der Waals surface area contributed by atoms with Gasteiger partial charge in [-0.05, 0) is 61.4 Å². The number of carbonyl (C=O) groups excluding carboxylic acids is 2. The fraction of sp³-hybridized carbons (Fsp3) is 0.120. The van der Waals surface area contributed by atoms with Gasteiger partial charge in [-0.25, -0.2) is 4.98 Å². The molecular weight excluding hydrogens is 458 g/mol. The van der Waals surface area contributed by atoms with Crippen molar-refractivity contribution < 1.29 is 14.7 Å². The summed E-state index contributed by atoms with van der Waals surface area (Å²) in [5.41, 5.74) is 3.59. The van der Waals surface area contributed by atoms with Gasteiger partial charge in [-0.1, -0.05) is 40.6 Å². The Kier molecular flexibility index (Phi) is 5.23. The Morgan fingerprint density at radius 3 is 2.58 bits per heavy atom. The maximum atomic E-state index is 13.3. The van der Waals surface area contributed by atoms with E-state index in [1.54, 1.807) is 48.8 Å². The number of carbonyl (C=O) groups is 2. The van der Waals surface area contributed by atoms with Crippen LogP contribution in [0.15, 0.2) is 66.5 Å². The number of thiazole rings is 1. The number of halogens is 1. The molecule has 2 aromatic heterocycles. The molecule has 0 aliphatic carbocycles. The van der Waals surface area contributed by atoms with Crippen molar-refractivity contribution in [1.29, 1.82) is 0 Å². The minimum absolute atomic E-state index is 0.0252. The van der Waals surface area contributed by atoms with Crippen molar-refractivity contribution in [3.63, 3.8) is 0 Å². The summed E-state index contributed by atoms with van der Waals surface area (Å²) in [5, 5.41) is 12.2. The first-order valence-corrected chi connectivity index (χ1v) is 11.4. The summed E-state index contributed by atoms with van der Waals surface area (Å²) < 4.78 is 0.794. The number of aromatic nitrogens is 2. The molecule has 0 spiro atoms. The average molecular weight is 476 g/mol. The van der Waals surface area contributed by atoms with Gasteiger partial charge in [-0.3, -0.25) is 19.5 Å². The smallest absolute Gasteiger partial charge is 0.301 e. The largest absolute Gasteiger partial charge is 0.507 e. The molecule has 1 aliphatic rings. The zero-order valence-electron chi connectivity index (χ0n) is 17.7. The molecule has 3 heterocycles. The minimum Gasteiger partial charge on any atom is -0.507 e. The number of ketones is 1. The zero-order chi connectivity index (χ0) is 23.3. The van der Waals surface area contributed by atoms with Crippen LogP contribution in [0.2, 0.25) is 5.02 Å². The molecule has 33 heavy (non-hydrogen) atoms. The average Bonchev–Trinajstić information content (AvgIpc) is 3.33. The van der Waals surface area contributed by atoms with Gasteiger partial charge in [0.1, 0.15) is 5.76 Å². The number of Topliss-reactive ketones (excluding diaryl/α,β-unsaturated/α-hetero) is 1. The number of rotatable bonds is 3. The molecule has 5 rings (SSSR count). The number of anilines is 1. The summed E-state index contributed by atoms with van der Waals surface area (Å²) in [6.45, 7) is 3.75. The van der Waals surface area contributed by atoms with Crippen LogP contribution in [0.25, 0.3) is 16.0 Å². The van der Waals surface area contributed by atoms with E-state index in [4.69, 9.17) is 11.6 Å². The lowest BCUT2D eigenvalue weighted by Crippen LogP contribution is -2.29. The lowest BCUT2D eigenvalue weighted by atomic mass is 9.94. The highest BCUT2D eigenvalue weighted by atomic mass is 35.5. The molecule has 1 amide bonds. The predicted molar refractivity (Wildman–Crippen MR) is 130 cm³/mol. The van der Waals surface area contributed by atoms with E-state index in [9.17, 15) is 14.7 Å². The minimum atomic E-state index is -0.844. The third kappa shape index (κ3) is 3.59. The SMILES string of the molecule is Cc1ccc(C)c(C(O)=C2C(=O)C(=O)N(c3nc4ccc(Cl)cc4s3)C2c2ccncc2)c1. The Bertz CT molecular complexity index is 1460. The fourth-order valence-electron chi connectivity index (χ4n) is 4.02. The summed E-state index contributed by atoms with van der Waals surface area (Å²) >= 11 is 7.39. The highest BCUT2D eigenvalue weighted by Crippen LogP contribution is 2.44. The number of benzene rings is 2. The number of aliphatic hydroxyl groups is 1. The van der Waals surface area contributed by atoms with Gasteiger partial charge in [0.05, 0.1) is 21.8 Å². The van der Waals surface area contributed by atoms with Crippen LogP contribution in [0.3, 0.4) is 0 Å². The van der Waals surface area contributed by atoms with Gasteiger partial charge in [0.2, 0.25) is 0 Å². The Morgan fingerprint density at radius 1 is 1.06 bits per heavy atom. The molecule has 6 nitrogen and oxygen atoms in total. The Balaban J connectivity index is 1.75. The maximum Gasteiger partial charge on any atom is 0.301 e. The van der Waals surface area contributed by atoms with Crippen LogP contribution in [0.4, 0.5) is 5.13 Å². The van der Waals surface area contributed by atoms with Crippen molar-refractivity contribution in [3.8, 4) is 0 Å². The van der Waals surface area contributed by atoms with E-state index in [1.165, 1.54) is 16.2 Å². The third-order valence-electron chi connectivity index (χ3n) is 5.66. The van der Waals surface area contributed by atoms with Crippen LogP contribution in [0.5, 0.6) is 0 Å². The van der Waals surface area contributed by atoms with E-state index >= 15 is 0 Å². The molecule has 164 valence electrons. The van der Waals surface area contributed by atoms with Crippen molar-refractivity contribution in [2.45, 2.75) is 19.9 Å². The Hall–Kier alpha value is -3.55. The molecular formula is C25H18ClN3O3S. The monoisotopic (exact) mass is 475 g/mol. The number of amides is 1. The molecule has 2 aromatic carbocycles. The molecule has 0 saturated carbocycles. The van der Waals surface area contributed by atoms with Gasteiger partial charge < -0.3 is 5.11 Å². The highest BCUT2D eigenvalue weighted by molar-refractivity contribution is 7.22. The molecule has 1 saturated heterocycles. The lowest BCUT2D eigenvalue weighted by molar-refractivity contribution is -0.132. The van der Waals surface area contributed by atoms with E-state index in [0.29, 0.717) is 26.8 Å². The van der Waals surface area contributed by atoms with Crippen molar-refractivity contribution in [1.82, 2.24) is 9.97 Å². The van der Waals surface area contributed by atoms with Crippen LogP contribution in [0, 0.1) is 13.8 Å². The molecule has 0 radical (unpaired) electrons. The number of hydrogen-bond donors (Lipinski definition) is 1. The fourth-order valence-corrected chi connectivity index (χ4v) is 5.28. The van der Waals surface area contributed by atoms with E-state index in [1.807, 2.05) is 26.0 Å². The van der Waals surface area contributed by atoms with Crippen LogP contribution in [0.1, 0.15) is 28.3 Å². The van der Waals surface area contributed by atoms with Crippen molar-refractivity contribution in [2.75, 3.05) is 4.90 Å². The van der Waals surface area contributed by atoms with Crippen LogP contribution in [-0.2, 0) is 9.59 Å². The van der Waals surface area contributed by atoms with Crippen molar-refractivity contribution >= 4 is 55.7 Å².